The van der Waals surface area contributed by atoms with Crippen LogP contribution in [0.2, 0.25) is 5.02 Å². The van der Waals surface area contributed by atoms with Crippen LogP contribution in [0.1, 0.15) is 41.5 Å². The van der Waals surface area contributed by atoms with Crippen LogP contribution in [0.15, 0.2) is 66.7 Å². The van der Waals surface area contributed by atoms with Gasteiger partial charge in [-0.1, -0.05) is 60.1 Å². The summed E-state index contributed by atoms with van der Waals surface area (Å²) in [6, 6.07) is 16.2. The molecule has 7 N–H and O–H groups in total. The molecule has 0 aromatic heterocycles. The number of benzene rings is 3. The molecule has 0 radical (unpaired) electrons. The maximum atomic E-state index is 13.9. The van der Waals surface area contributed by atoms with Crippen LogP contribution in [0.3, 0.4) is 0 Å². The predicted octanol–water partition coefficient (Wildman–Crippen LogP) is 3.25. The molecule has 0 unspecified atom stereocenters. The lowest BCUT2D eigenvalue weighted by atomic mass is 9.91. The fourth-order valence-corrected chi connectivity index (χ4v) is 5.56. The molecule has 3 aromatic rings. The molecule has 3 atom stereocenters. The Morgan fingerprint density at radius 1 is 1.09 bits per heavy atom. The third kappa shape index (κ3) is 8.74. The third-order valence-corrected chi connectivity index (χ3v) is 8.09. The van der Waals surface area contributed by atoms with E-state index in [2.05, 4.69) is 10.6 Å². The number of rotatable bonds is 13. The number of phenols is 1. The number of anilines is 1. The molecule has 238 valence electrons. The van der Waals surface area contributed by atoms with E-state index in [0.717, 1.165) is 16.7 Å². The zero-order valence-electron chi connectivity index (χ0n) is 25.0. The second-order valence-electron chi connectivity index (χ2n) is 11.0. The number of carbonyl (C=O) groups excluding carboxylic acids is 4. The van der Waals surface area contributed by atoms with Crippen molar-refractivity contribution in [3.63, 3.8) is 0 Å². The quantitative estimate of drug-likeness (QED) is 0.179. The zero-order chi connectivity index (χ0) is 32.5. The van der Waals surface area contributed by atoms with Crippen LogP contribution in [-0.4, -0.2) is 53.6 Å². The number of primary amides is 1. The number of aromatic hydroxyl groups is 1. The Bertz CT molecular complexity index is 1540. The topological polar surface area (TPSA) is 177 Å². The van der Waals surface area contributed by atoms with E-state index in [-0.39, 0.29) is 38.2 Å². The summed E-state index contributed by atoms with van der Waals surface area (Å²) in [5.74, 6) is -1.85. The zero-order valence-corrected chi connectivity index (χ0v) is 25.8. The van der Waals surface area contributed by atoms with Crippen molar-refractivity contribution in [2.45, 2.75) is 63.8 Å². The number of phenolic OH excluding ortho intramolecular Hbond substituents is 1. The first-order chi connectivity index (χ1) is 21.5. The number of unbranched alkanes of at least 4 members (excludes halogenated alkanes) is 1. The number of fused-ring (bicyclic) bond motifs is 1. The van der Waals surface area contributed by atoms with Crippen LogP contribution in [0.4, 0.5) is 10.5 Å². The lowest BCUT2D eigenvalue weighted by Gasteiger charge is -2.38. The molecule has 1 heterocycles. The molecule has 0 saturated heterocycles. The first kappa shape index (κ1) is 33.3. The summed E-state index contributed by atoms with van der Waals surface area (Å²) < 4.78 is 5.24. The van der Waals surface area contributed by atoms with Crippen LogP contribution in [-0.2, 0) is 38.6 Å². The van der Waals surface area contributed by atoms with Crippen molar-refractivity contribution in [2.75, 3.05) is 11.4 Å². The van der Waals surface area contributed by atoms with Crippen molar-refractivity contribution in [3.05, 3.63) is 94.0 Å². The van der Waals surface area contributed by atoms with Crippen molar-refractivity contribution in [2.24, 2.45) is 11.5 Å². The smallest absolute Gasteiger partial charge is 0.407 e. The van der Waals surface area contributed by atoms with Crippen LogP contribution < -0.4 is 27.0 Å². The lowest BCUT2D eigenvalue weighted by Crippen LogP contribution is -2.59. The minimum absolute atomic E-state index is 0.0146. The molecule has 45 heavy (non-hydrogen) atoms. The molecular weight excluding hydrogens is 598 g/mol. The van der Waals surface area contributed by atoms with E-state index in [4.69, 9.17) is 27.8 Å². The Morgan fingerprint density at radius 2 is 1.80 bits per heavy atom. The Labute approximate surface area is 266 Å². The molecule has 4 rings (SSSR count). The number of aryl methyl sites for hydroxylation is 1. The van der Waals surface area contributed by atoms with E-state index in [0.29, 0.717) is 29.1 Å². The summed E-state index contributed by atoms with van der Waals surface area (Å²) in [5, 5.41) is 16.3. The monoisotopic (exact) mass is 635 g/mol. The molecular formula is C33H38ClN5O6. The van der Waals surface area contributed by atoms with Gasteiger partial charge >= 0.3 is 6.09 Å². The number of nitrogens with zero attached hydrogens (tertiary/aromatic N) is 1. The fourth-order valence-electron chi connectivity index (χ4n) is 5.37. The van der Waals surface area contributed by atoms with E-state index in [9.17, 15) is 24.3 Å². The highest BCUT2D eigenvalue weighted by Gasteiger charge is 2.39. The SMILES string of the molecule is Cc1cc(O)cc2c1C[C@H](N)C(=O)N2[C@@H](CCCCNC(=O)OCc1ccccc1Cl)C(=O)N[C@@H](Cc1ccccc1)C(N)=O. The highest BCUT2D eigenvalue weighted by Crippen LogP contribution is 2.36. The summed E-state index contributed by atoms with van der Waals surface area (Å²) in [7, 11) is 0. The van der Waals surface area contributed by atoms with Crippen LogP contribution in [0.25, 0.3) is 0 Å². The Kier molecular flexibility index (Phi) is 11.4. The summed E-state index contributed by atoms with van der Waals surface area (Å²) in [5.41, 5.74) is 15.3. The molecule has 0 bridgehead atoms. The average molecular weight is 636 g/mol. The number of alkyl carbamates (subject to hydrolysis) is 1. The van der Waals surface area contributed by atoms with E-state index in [1.54, 1.807) is 37.3 Å². The number of nitrogens with one attached hydrogen (secondary N) is 2. The third-order valence-electron chi connectivity index (χ3n) is 7.72. The van der Waals surface area contributed by atoms with Crippen molar-refractivity contribution >= 4 is 41.1 Å². The summed E-state index contributed by atoms with van der Waals surface area (Å²) >= 11 is 6.11. The van der Waals surface area contributed by atoms with Gasteiger partial charge in [-0.2, -0.15) is 0 Å². The Morgan fingerprint density at radius 3 is 2.51 bits per heavy atom. The number of carbonyl (C=O) groups is 4. The van der Waals surface area contributed by atoms with E-state index >= 15 is 0 Å². The largest absolute Gasteiger partial charge is 0.508 e. The molecule has 0 fully saturated rings. The van der Waals surface area contributed by atoms with Gasteiger partial charge in [0.05, 0.1) is 11.7 Å². The van der Waals surface area contributed by atoms with E-state index in [1.807, 2.05) is 30.3 Å². The van der Waals surface area contributed by atoms with Crippen LogP contribution in [0, 0.1) is 6.92 Å². The highest BCUT2D eigenvalue weighted by molar-refractivity contribution is 6.31. The van der Waals surface area contributed by atoms with Gasteiger partial charge in [0.1, 0.15) is 24.4 Å². The number of hydrogen-bond donors (Lipinski definition) is 5. The first-order valence-corrected chi connectivity index (χ1v) is 15.1. The molecule has 3 aromatic carbocycles. The number of hydrogen-bond acceptors (Lipinski definition) is 7. The predicted molar refractivity (Wildman–Crippen MR) is 171 cm³/mol. The standard InChI is InChI=1S/C33H38ClN5O6/c1-20-15-23(40)17-29-24(20)18-26(35)32(43)39(29)28(31(42)38-27(30(36)41)16-21-9-3-2-4-10-21)13-7-8-14-37-33(44)45-19-22-11-5-6-12-25(22)34/h2-6,9-12,15,17,26-28,40H,7-8,13-14,16,18-19,35H2,1H3,(H2,36,41)(H,37,44)(H,38,42)/t26-,27-,28-/m0/s1. The lowest BCUT2D eigenvalue weighted by molar-refractivity contribution is -0.130. The van der Waals surface area contributed by atoms with Crippen LogP contribution >= 0.6 is 11.6 Å². The van der Waals surface area contributed by atoms with Gasteiger partial charge in [-0.3, -0.25) is 19.3 Å². The number of nitrogens with two attached hydrogens (primary N) is 2. The maximum Gasteiger partial charge on any atom is 0.407 e. The molecule has 4 amide bonds. The minimum Gasteiger partial charge on any atom is -0.508 e. The second kappa shape index (κ2) is 15.4. The van der Waals surface area contributed by atoms with Crippen molar-refractivity contribution in [1.82, 2.24) is 10.6 Å². The van der Waals surface area contributed by atoms with Gasteiger partial charge in [0.15, 0.2) is 0 Å². The molecule has 1 aliphatic rings. The Balaban J connectivity index is 1.47. The number of ether oxygens (including phenoxy) is 1. The van der Waals surface area contributed by atoms with E-state index < -0.39 is 41.9 Å². The van der Waals surface area contributed by atoms with Gasteiger partial charge in [-0.15, -0.1) is 0 Å². The van der Waals surface area contributed by atoms with Gasteiger partial charge in [-0.05, 0) is 61.4 Å². The van der Waals surface area contributed by atoms with Crippen molar-refractivity contribution in [3.8, 4) is 5.75 Å². The van der Waals surface area contributed by atoms with Gasteiger partial charge in [-0.25, -0.2) is 4.79 Å². The average Bonchev–Trinajstić information content (AvgIpc) is 3.00. The van der Waals surface area contributed by atoms with Gasteiger partial charge in [0, 0.05) is 29.6 Å². The summed E-state index contributed by atoms with van der Waals surface area (Å²) in [6.07, 6.45) is 0.836. The van der Waals surface area contributed by atoms with Gasteiger partial charge < -0.3 is 31.9 Å². The molecule has 12 heteroatoms. The first-order valence-electron chi connectivity index (χ1n) is 14.7. The number of halogens is 1. The number of amides is 4. The summed E-state index contributed by atoms with van der Waals surface area (Å²) in [6.45, 7) is 2.06. The highest BCUT2D eigenvalue weighted by atomic mass is 35.5. The minimum atomic E-state index is -1.08. The second-order valence-corrected chi connectivity index (χ2v) is 11.4. The molecule has 0 spiro atoms. The Hall–Kier alpha value is -4.61. The van der Waals surface area contributed by atoms with Gasteiger partial charge in [0.25, 0.3) is 0 Å². The summed E-state index contributed by atoms with van der Waals surface area (Å²) in [4.78, 5) is 53.3. The van der Waals surface area contributed by atoms with E-state index in [1.165, 1.54) is 11.0 Å². The van der Waals surface area contributed by atoms with Crippen molar-refractivity contribution < 1.29 is 29.0 Å². The molecule has 1 aliphatic heterocycles. The van der Waals surface area contributed by atoms with Crippen LogP contribution in [0.5, 0.6) is 5.75 Å². The normalized spacial score (nSPS) is 15.5. The van der Waals surface area contributed by atoms with Crippen molar-refractivity contribution in [1.29, 1.82) is 0 Å². The fraction of sp³-hybridized carbons (Fsp3) is 0.333. The maximum absolute atomic E-state index is 13.9. The molecule has 0 saturated carbocycles. The molecule has 11 nitrogen and oxygen atoms in total. The van der Waals surface area contributed by atoms with Gasteiger partial charge in [0.2, 0.25) is 17.7 Å². The molecule has 0 aliphatic carbocycles.